The van der Waals surface area contributed by atoms with Crippen LogP contribution in [0.2, 0.25) is 0 Å². The Bertz CT molecular complexity index is 1070. The molecular formula is C18H13N2O6S-. The van der Waals surface area contributed by atoms with Gasteiger partial charge in [-0.1, -0.05) is 12.1 Å². The molecule has 3 rings (SSSR count). The number of carbonyl (C=O) groups is 2. The maximum Gasteiger partial charge on any atom is 0.291 e. The lowest BCUT2D eigenvalue weighted by Crippen LogP contribution is -2.22. The third kappa shape index (κ3) is 4.33. The second-order valence-electron chi connectivity index (χ2n) is 5.43. The van der Waals surface area contributed by atoms with E-state index in [0.29, 0.717) is 5.69 Å². The molecule has 138 valence electrons. The summed E-state index contributed by atoms with van der Waals surface area (Å²) in [4.78, 5) is 22.7. The average molecular weight is 385 g/mol. The summed E-state index contributed by atoms with van der Waals surface area (Å²) in [5, 5.41) is 13.4. The molecule has 0 saturated heterocycles. The highest BCUT2D eigenvalue weighted by atomic mass is 32.2. The highest BCUT2D eigenvalue weighted by Gasteiger charge is 2.15. The van der Waals surface area contributed by atoms with E-state index in [-0.39, 0.29) is 21.9 Å². The summed E-state index contributed by atoms with van der Waals surface area (Å²) in [6.07, 6.45) is 1.37. The van der Waals surface area contributed by atoms with Gasteiger partial charge in [-0.3, -0.25) is 9.52 Å². The molecule has 0 unspecified atom stereocenters. The van der Waals surface area contributed by atoms with Crippen molar-refractivity contribution in [3.05, 3.63) is 78.3 Å². The van der Waals surface area contributed by atoms with Crippen LogP contribution in [0, 0.1) is 0 Å². The van der Waals surface area contributed by atoms with Crippen molar-refractivity contribution >= 4 is 33.3 Å². The van der Waals surface area contributed by atoms with Crippen LogP contribution in [-0.2, 0) is 10.0 Å². The smallest absolute Gasteiger partial charge is 0.291 e. The van der Waals surface area contributed by atoms with Gasteiger partial charge in [-0.25, -0.2) is 8.42 Å². The lowest BCUT2D eigenvalue weighted by molar-refractivity contribution is -0.255. The summed E-state index contributed by atoms with van der Waals surface area (Å²) in [5.74, 6) is -1.75. The summed E-state index contributed by atoms with van der Waals surface area (Å²) >= 11 is 0. The number of nitrogens with one attached hydrogen (secondary N) is 2. The molecule has 2 N–H and O–H groups in total. The predicted octanol–water partition coefficient (Wildman–Crippen LogP) is 1.70. The molecule has 9 heteroatoms. The van der Waals surface area contributed by atoms with Gasteiger partial charge in [-0.05, 0) is 54.1 Å². The second-order valence-corrected chi connectivity index (χ2v) is 7.11. The van der Waals surface area contributed by atoms with Crippen LogP contribution < -0.4 is 15.1 Å². The van der Waals surface area contributed by atoms with E-state index >= 15 is 0 Å². The molecule has 1 aromatic heterocycles. The van der Waals surface area contributed by atoms with E-state index in [1.807, 2.05) is 0 Å². The van der Waals surface area contributed by atoms with Crippen molar-refractivity contribution in [3.8, 4) is 0 Å². The Hall–Kier alpha value is -3.59. The Morgan fingerprint density at radius 3 is 2.30 bits per heavy atom. The molecule has 1 amide bonds. The zero-order valence-electron chi connectivity index (χ0n) is 13.7. The minimum atomic E-state index is -3.94. The molecule has 0 atom stereocenters. The number of benzene rings is 2. The second kappa shape index (κ2) is 7.34. The zero-order valence-corrected chi connectivity index (χ0v) is 14.5. The maximum atomic E-state index is 12.4. The van der Waals surface area contributed by atoms with Crippen molar-refractivity contribution in [1.29, 1.82) is 0 Å². The minimum Gasteiger partial charge on any atom is -0.545 e. The third-order valence-corrected chi connectivity index (χ3v) is 4.92. The van der Waals surface area contributed by atoms with E-state index in [1.165, 1.54) is 54.8 Å². The van der Waals surface area contributed by atoms with E-state index in [9.17, 15) is 23.1 Å². The number of sulfonamides is 1. The van der Waals surface area contributed by atoms with Gasteiger partial charge in [0.15, 0.2) is 5.76 Å². The van der Waals surface area contributed by atoms with E-state index in [0.717, 1.165) is 6.07 Å². The SMILES string of the molecule is O=C([O-])c1cccc(NS(=O)(=O)c2ccc(NC(=O)c3ccco3)cc2)c1. The lowest BCUT2D eigenvalue weighted by Gasteiger charge is -2.11. The molecule has 0 aliphatic rings. The molecule has 0 fully saturated rings. The summed E-state index contributed by atoms with van der Waals surface area (Å²) in [6, 6.07) is 13.8. The summed E-state index contributed by atoms with van der Waals surface area (Å²) < 4.78 is 32.1. The van der Waals surface area contributed by atoms with Crippen LogP contribution in [0.4, 0.5) is 11.4 Å². The van der Waals surface area contributed by atoms with Crippen molar-refractivity contribution in [2.24, 2.45) is 0 Å². The highest BCUT2D eigenvalue weighted by molar-refractivity contribution is 7.92. The van der Waals surface area contributed by atoms with Crippen molar-refractivity contribution < 1.29 is 27.5 Å². The maximum absolute atomic E-state index is 12.4. The van der Waals surface area contributed by atoms with E-state index in [1.54, 1.807) is 6.07 Å². The van der Waals surface area contributed by atoms with E-state index in [4.69, 9.17) is 4.42 Å². The highest BCUT2D eigenvalue weighted by Crippen LogP contribution is 2.19. The molecule has 0 aliphatic carbocycles. The molecule has 8 nitrogen and oxygen atoms in total. The van der Waals surface area contributed by atoms with E-state index in [2.05, 4.69) is 10.0 Å². The van der Waals surface area contributed by atoms with Crippen LogP contribution in [0.25, 0.3) is 0 Å². The first-order valence-corrected chi connectivity index (χ1v) is 9.13. The lowest BCUT2D eigenvalue weighted by atomic mass is 10.2. The number of carboxylic acid groups (broad SMARTS) is 1. The van der Waals surface area contributed by atoms with Crippen LogP contribution in [0.5, 0.6) is 0 Å². The van der Waals surface area contributed by atoms with Gasteiger partial charge in [0.2, 0.25) is 0 Å². The predicted molar refractivity (Wildman–Crippen MR) is 94.7 cm³/mol. The fraction of sp³-hybridized carbons (Fsp3) is 0. The summed E-state index contributed by atoms with van der Waals surface area (Å²) in [6.45, 7) is 0. The Balaban J connectivity index is 1.74. The van der Waals surface area contributed by atoms with Crippen molar-refractivity contribution in [1.82, 2.24) is 0 Å². The first kappa shape index (κ1) is 18.2. The number of furan rings is 1. The van der Waals surface area contributed by atoms with Gasteiger partial charge in [0.25, 0.3) is 15.9 Å². The molecule has 3 aromatic rings. The number of rotatable bonds is 6. The van der Waals surface area contributed by atoms with E-state index < -0.39 is 21.9 Å². The fourth-order valence-electron chi connectivity index (χ4n) is 2.24. The molecule has 27 heavy (non-hydrogen) atoms. The van der Waals surface area contributed by atoms with Gasteiger partial charge in [0.1, 0.15) is 0 Å². The monoisotopic (exact) mass is 385 g/mol. The molecular weight excluding hydrogens is 372 g/mol. The molecule has 0 spiro atoms. The van der Waals surface area contributed by atoms with Gasteiger partial charge < -0.3 is 19.6 Å². The summed E-state index contributed by atoms with van der Waals surface area (Å²) in [5.41, 5.74) is 0.326. The van der Waals surface area contributed by atoms with Gasteiger partial charge in [0, 0.05) is 11.4 Å². The number of anilines is 2. The normalized spacial score (nSPS) is 11.0. The van der Waals surface area contributed by atoms with Crippen LogP contribution in [0.1, 0.15) is 20.9 Å². The quantitative estimate of drug-likeness (QED) is 0.664. The third-order valence-electron chi connectivity index (χ3n) is 3.52. The summed E-state index contributed by atoms with van der Waals surface area (Å²) in [7, 11) is -3.94. The van der Waals surface area contributed by atoms with Crippen LogP contribution in [-0.4, -0.2) is 20.3 Å². The molecule has 0 saturated carbocycles. The molecule has 0 bridgehead atoms. The number of hydrogen-bond acceptors (Lipinski definition) is 6. The number of aromatic carboxylic acids is 1. The zero-order chi connectivity index (χ0) is 19.4. The Labute approximate surface area is 154 Å². The topological polar surface area (TPSA) is 129 Å². The van der Waals surface area contributed by atoms with Crippen molar-refractivity contribution in [2.45, 2.75) is 4.90 Å². The largest absolute Gasteiger partial charge is 0.545 e. The first-order valence-electron chi connectivity index (χ1n) is 7.64. The first-order chi connectivity index (χ1) is 12.8. The number of carboxylic acids is 1. The molecule has 0 radical (unpaired) electrons. The Kier molecular flexibility index (Phi) is 4.95. The van der Waals surface area contributed by atoms with Crippen LogP contribution in [0.15, 0.2) is 76.2 Å². The molecule has 1 heterocycles. The van der Waals surface area contributed by atoms with Gasteiger partial charge >= 0.3 is 0 Å². The fourth-order valence-corrected chi connectivity index (χ4v) is 3.29. The molecule has 2 aromatic carbocycles. The number of carbonyl (C=O) groups excluding carboxylic acids is 2. The van der Waals surface area contributed by atoms with Crippen molar-refractivity contribution in [2.75, 3.05) is 10.0 Å². The average Bonchev–Trinajstić information content (AvgIpc) is 3.17. The standard InChI is InChI=1S/C18H14N2O6S/c21-17(16-5-2-10-26-16)19-13-6-8-15(9-7-13)27(24,25)20-14-4-1-3-12(11-14)18(22)23/h1-11,20H,(H,19,21)(H,22,23)/p-1. The number of hydrogen-bond donors (Lipinski definition) is 2. The van der Waals surface area contributed by atoms with Crippen LogP contribution in [0.3, 0.4) is 0 Å². The van der Waals surface area contributed by atoms with Gasteiger partial charge in [0.05, 0.1) is 17.1 Å². The molecule has 0 aliphatic heterocycles. The minimum absolute atomic E-state index is 0.0580. The van der Waals surface area contributed by atoms with Crippen LogP contribution >= 0.6 is 0 Å². The van der Waals surface area contributed by atoms with Gasteiger partial charge in [-0.15, -0.1) is 0 Å². The number of amides is 1. The van der Waals surface area contributed by atoms with Gasteiger partial charge in [-0.2, -0.15) is 0 Å². The Morgan fingerprint density at radius 1 is 0.926 bits per heavy atom. The van der Waals surface area contributed by atoms with Crippen molar-refractivity contribution in [3.63, 3.8) is 0 Å². The Morgan fingerprint density at radius 2 is 1.67 bits per heavy atom.